The summed E-state index contributed by atoms with van der Waals surface area (Å²) in [5, 5.41) is 0. The fraction of sp³-hybridized carbons (Fsp3) is 0. The minimum absolute atomic E-state index is 0.0569. The predicted octanol–water partition coefficient (Wildman–Crippen LogP) is 6.01. The van der Waals surface area contributed by atoms with Crippen LogP contribution >= 0.6 is 0 Å². The van der Waals surface area contributed by atoms with Gasteiger partial charge in [-0.1, -0.05) is 66.7 Å². The summed E-state index contributed by atoms with van der Waals surface area (Å²) in [6.45, 7) is 0. The molecule has 0 N–H and O–H groups in total. The van der Waals surface area contributed by atoms with E-state index in [-0.39, 0.29) is 16.7 Å². The number of benzene rings is 4. The van der Waals surface area contributed by atoms with Crippen LogP contribution in [0.25, 0.3) is 0 Å². The first-order valence-electron chi connectivity index (χ1n) is 8.87. The van der Waals surface area contributed by atoms with Gasteiger partial charge in [-0.2, -0.15) is 0 Å². The van der Waals surface area contributed by atoms with E-state index in [4.69, 9.17) is 0 Å². The van der Waals surface area contributed by atoms with Gasteiger partial charge in [0, 0.05) is 11.1 Å². The molecule has 0 atom stereocenters. The van der Waals surface area contributed by atoms with Crippen LogP contribution in [0.2, 0.25) is 0 Å². The summed E-state index contributed by atoms with van der Waals surface area (Å²) in [7, 11) is -0.192. The first kappa shape index (κ1) is 17.3. The third-order valence-corrected chi connectivity index (χ3v) is 6.58. The molecule has 0 bridgehead atoms. The Labute approximate surface area is 162 Å². The molecule has 0 fully saturated rings. The van der Waals surface area contributed by atoms with Crippen LogP contribution in [-0.2, 0) is 10.9 Å². The molecule has 0 unspecified atom stereocenters. The molecule has 0 aliphatic rings. The van der Waals surface area contributed by atoms with Crippen LogP contribution in [0, 0.1) is 0 Å². The van der Waals surface area contributed by atoms with Crippen LogP contribution in [0.1, 0.15) is 15.9 Å². The number of carbonyl (C=O) groups is 1. The Hall–Kier alpha value is -3.10. The van der Waals surface area contributed by atoms with Crippen molar-refractivity contribution in [2.24, 2.45) is 0 Å². The zero-order valence-corrected chi connectivity index (χ0v) is 15.6. The maximum Gasteiger partial charge on any atom is 0.193 e. The van der Waals surface area contributed by atoms with E-state index in [1.807, 2.05) is 54.6 Å². The van der Waals surface area contributed by atoms with E-state index in [2.05, 4.69) is 60.7 Å². The highest BCUT2D eigenvalue weighted by molar-refractivity contribution is 7.97. The SMILES string of the molecule is O=C(c1ccccc1)c1ccc([S+](c2ccccc2)c2ccccc2)cc1. The third kappa shape index (κ3) is 3.86. The molecule has 2 heteroatoms. The minimum Gasteiger partial charge on any atom is -0.289 e. The molecule has 4 aromatic carbocycles. The highest BCUT2D eigenvalue weighted by atomic mass is 32.2. The number of carbonyl (C=O) groups excluding carboxylic acids is 1. The van der Waals surface area contributed by atoms with Crippen LogP contribution in [0.15, 0.2) is 130 Å². The van der Waals surface area contributed by atoms with Crippen molar-refractivity contribution in [3.63, 3.8) is 0 Å². The van der Waals surface area contributed by atoms with E-state index in [0.29, 0.717) is 0 Å². The Balaban J connectivity index is 1.70. The standard InChI is InChI=1S/C25H19OS/c26-25(20-10-4-1-5-11-20)21-16-18-24(19-17-21)27(22-12-6-2-7-13-22)23-14-8-3-9-15-23/h1-19H/q+1. The second kappa shape index (κ2) is 8.07. The first-order valence-corrected chi connectivity index (χ1v) is 10.1. The third-order valence-electron chi connectivity index (χ3n) is 4.35. The Morgan fingerprint density at radius 2 is 0.815 bits per heavy atom. The molecule has 0 spiro atoms. The lowest BCUT2D eigenvalue weighted by molar-refractivity contribution is 0.103. The van der Waals surface area contributed by atoms with E-state index in [1.54, 1.807) is 0 Å². The van der Waals surface area contributed by atoms with E-state index in [1.165, 1.54) is 14.7 Å². The Morgan fingerprint density at radius 1 is 0.444 bits per heavy atom. The van der Waals surface area contributed by atoms with Crippen LogP contribution < -0.4 is 0 Å². The molecular weight excluding hydrogens is 348 g/mol. The summed E-state index contributed by atoms with van der Waals surface area (Å²) in [5.74, 6) is 0.0569. The van der Waals surface area contributed by atoms with Gasteiger partial charge in [-0.05, 0) is 48.5 Å². The molecule has 0 saturated heterocycles. The summed E-state index contributed by atoms with van der Waals surface area (Å²) in [6.07, 6.45) is 0. The topological polar surface area (TPSA) is 17.1 Å². The lowest BCUT2D eigenvalue weighted by Gasteiger charge is -2.08. The van der Waals surface area contributed by atoms with Crippen molar-refractivity contribution >= 4 is 16.7 Å². The average Bonchev–Trinajstić information content (AvgIpc) is 2.76. The van der Waals surface area contributed by atoms with Gasteiger partial charge in [-0.15, -0.1) is 0 Å². The van der Waals surface area contributed by atoms with Crippen molar-refractivity contribution in [2.75, 3.05) is 0 Å². The molecular formula is C25H19OS+. The van der Waals surface area contributed by atoms with Gasteiger partial charge >= 0.3 is 0 Å². The second-order valence-corrected chi connectivity index (χ2v) is 8.18. The summed E-state index contributed by atoms with van der Waals surface area (Å²) < 4.78 is 0. The highest BCUT2D eigenvalue weighted by Gasteiger charge is 2.28. The van der Waals surface area contributed by atoms with E-state index >= 15 is 0 Å². The molecule has 4 rings (SSSR count). The van der Waals surface area contributed by atoms with Gasteiger partial charge in [0.1, 0.15) is 0 Å². The number of ketones is 1. The Kier molecular flexibility index (Phi) is 5.17. The van der Waals surface area contributed by atoms with Crippen LogP contribution in [-0.4, -0.2) is 5.78 Å². The molecule has 0 amide bonds. The molecule has 0 saturated carbocycles. The molecule has 0 heterocycles. The normalized spacial score (nSPS) is 10.7. The van der Waals surface area contributed by atoms with Crippen LogP contribution in [0.3, 0.4) is 0 Å². The Morgan fingerprint density at radius 3 is 1.30 bits per heavy atom. The van der Waals surface area contributed by atoms with Gasteiger partial charge in [-0.3, -0.25) is 4.79 Å². The van der Waals surface area contributed by atoms with Crippen molar-refractivity contribution in [3.8, 4) is 0 Å². The smallest absolute Gasteiger partial charge is 0.193 e. The zero-order valence-electron chi connectivity index (χ0n) is 14.8. The van der Waals surface area contributed by atoms with Gasteiger partial charge in [-0.25, -0.2) is 0 Å². The lowest BCUT2D eigenvalue weighted by Crippen LogP contribution is -2.06. The molecule has 0 aliphatic carbocycles. The monoisotopic (exact) mass is 367 g/mol. The lowest BCUT2D eigenvalue weighted by atomic mass is 10.0. The first-order chi connectivity index (χ1) is 13.3. The largest absolute Gasteiger partial charge is 0.289 e. The van der Waals surface area contributed by atoms with Crippen molar-refractivity contribution < 1.29 is 4.79 Å². The summed E-state index contributed by atoms with van der Waals surface area (Å²) in [6, 6.07) is 38.5. The highest BCUT2D eigenvalue weighted by Crippen LogP contribution is 2.31. The predicted molar refractivity (Wildman–Crippen MR) is 111 cm³/mol. The fourth-order valence-corrected chi connectivity index (χ4v) is 5.10. The molecule has 27 heavy (non-hydrogen) atoms. The summed E-state index contributed by atoms with van der Waals surface area (Å²) in [5.41, 5.74) is 1.44. The fourth-order valence-electron chi connectivity index (χ4n) is 3.02. The van der Waals surface area contributed by atoms with Crippen molar-refractivity contribution in [2.45, 2.75) is 14.7 Å². The second-order valence-electron chi connectivity index (χ2n) is 6.15. The quantitative estimate of drug-likeness (QED) is 0.312. The summed E-state index contributed by atoms with van der Waals surface area (Å²) >= 11 is 0. The molecule has 4 aromatic rings. The van der Waals surface area contributed by atoms with E-state index in [0.717, 1.165) is 11.1 Å². The van der Waals surface area contributed by atoms with Gasteiger partial charge in [0.05, 0.1) is 10.9 Å². The zero-order chi connectivity index (χ0) is 18.5. The molecule has 0 radical (unpaired) electrons. The van der Waals surface area contributed by atoms with Gasteiger partial charge in [0.25, 0.3) is 0 Å². The van der Waals surface area contributed by atoms with Crippen molar-refractivity contribution in [1.82, 2.24) is 0 Å². The molecule has 1 nitrogen and oxygen atoms in total. The number of hydrogen-bond donors (Lipinski definition) is 0. The van der Waals surface area contributed by atoms with Gasteiger partial charge in [0.15, 0.2) is 20.5 Å². The van der Waals surface area contributed by atoms with E-state index in [9.17, 15) is 4.79 Å². The van der Waals surface area contributed by atoms with Crippen molar-refractivity contribution in [3.05, 3.63) is 126 Å². The average molecular weight is 367 g/mol. The van der Waals surface area contributed by atoms with Gasteiger partial charge in [0.2, 0.25) is 0 Å². The van der Waals surface area contributed by atoms with Crippen molar-refractivity contribution in [1.29, 1.82) is 0 Å². The molecule has 0 aliphatic heterocycles. The maximum absolute atomic E-state index is 12.7. The van der Waals surface area contributed by atoms with E-state index < -0.39 is 0 Å². The molecule has 130 valence electrons. The van der Waals surface area contributed by atoms with Crippen LogP contribution in [0.4, 0.5) is 0 Å². The minimum atomic E-state index is -0.192. The van der Waals surface area contributed by atoms with Crippen LogP contribution in [0.5, 0.6) is 0 Å². The number of rotatable bonds is 5. The number of hydrogen-bond acceptors (Lipinski definition) is 1. The summed E-state index contributed by atoms with van der Waals surface area (Å²) in [4.78, 5) is 16.4. The Bertz CT molecular complexity index is 971. The van der Waals surface area contributed by atoms with Gasteiger partial charge < -0.3 is 0 Å². The maximum atomic E-state index is 12.7. The molecule has 0 aromatic heterocycles.